The molecule has 4 nitrogen and oxygen atoms in total. The first-order valence-electron chi connectivity index (χ1n) is 9.59. The number of nitrogens with zero attached hydrogens (tertiary/aromatic N) is 3. The van der Waals surface area contributed by atoms with Crippen molar-refractivity contribution in [3.63, 3.8) is 0 Å². The van der Waals surface area contributed by atoms with Gasteiger partial charge in [-0.3, -0.25) is 9.48 Å². The third kappa shape index (κ3) is 5.07. The number of carbonyl (C=O) groups excluding carboxylic acids is 1. The van der Waals surface area contributed by atoms with E-state index in [9.17, 15) is 4.79 Å². The van der Waals surface area contributed by atoms with Crippen molar-refractivity contribution in [1.82, 2.24) is 14.7 Å². The zero-order valence-electron chi connectivity index (χ0n) is 16.1. The van der Waals surface area contributed by atoms with Gasteiger partial charge in [-0.15, -0.1) is 0 Å². The van der Waals surface area contributed by atoms with Gasteiger partial charge < -0.3 is 4.90 Å². The summed E-state index contributed by atoms with van der Waals surface area (Å²) in [6, 6.07) is 22.5. The van der Waals surface area contributed by atoms with Crippen LogP contribution in [0.15, 0.2) is 66.7 Å². The summed E-state index contributed by atoms with van der Waals surface area (Å²) < 4.78 is 1.80. The Morgan fingerprint density at radius 3 is 2.26 bits per heavy atom. The van der Waals surface area contributed by atoms with Gasteiger partial charge in [0.25, 0.3) is 5.91 Å². The molecule has 1 heterocycles. The fraction of sp³-hybridized carbons (Fsp3) is 0.304. The maximum atomic E-state index is 13.2. The highest BCUT2D eigenvalue weighted by Crippen LogP contribution is 2.14. The van der Waals surface area contributed by atoms with Gasteiger partial charge in [-0.05, 0) is 43.9 Å². The zero-order valence-corrected chi connectivity index (χ0v) is 16.1. The molecule has 3 rings (SSSR count). The molecule has 0 aliphatic carbocycles. The minimum atomic E-state index is 0.0503. The van der Waals surface area contributed by atoms with Crippen LogP contribution >= 0.6 is 0 Å². The van der Waals surface area contributed by atoms with Crippen LogP contribution in [0.5, 0.6) is 0 Å². The van der Waals surface area contributed by atoms with Crippen molar-refractivity contribution in [3.8, 4) is 0 Å². The van der Waals surface area contributed by atoms with Crippen molar-refractivity contribution >= 4 is 5.91 Å². The lowest BCUT2D eigenvalue weighted by Crippen LogP contribution is -2.33. The maximum absolute atomic E-state index is 13.2. The summed E-state index contributed by atoms with van der Waals surface area (Å²) in [5.41, 5.74) is 4.00. The summed E-state index contributed by atoms with van der Waals surface area (Å²) >= 11 is 0. The highest BCUT2D eigenvalue weighted by atomic mass is 16.2. The molecule has 27 heavy (non-hydrogen) atoms. The molecule has 4 heteroatoms. The monoisotopic (exact) mass is 361 g/mol. The number of aryl methyl sites for hydroxylation is 3. The van der Waals surface area contributed by atoms with Gasteiger partial charge >= 0.3 is 0 Å². The molecular formula is C23H27N3O. The van der Waals surface area contributed by atoms with Crippen molar-refractivity contribution in [2.45, 2.75) is 39.8 Å². The number of rotatable bonds is 8. The van der Waals surface area contributed by atoms with Gasteiger partial charge in [0.2, 0.25) is 0 Å². The Morgan fingerprint density at radius 1 is 1.00 bits per heavy atom. The predicted octanol–water partition coefficient (Wildman–Crippen LogP) is 4.49. The van der Waals surface area contributed by atoms with Crippen LogP contribution in [0, 0.1) is 6.92 Å². The number of hydrogen-bond donors (Lipinski definition) is 0. The SMILES string of the molecule is CCn1nc(C)cc1C(=O)N(CCCc1ccccc1)Cc1ccccc1. The number of aromatic nitrogens is 2. The summed E-state index contributed by atoms with van der Waals surface area (Å²) in [6.45, 7) is 5.97. The fourth-order valence-electron chi connectivity index (χ4n) is 3.30. The van der Waals surface area contributed by atoms with E-state index in [1.165, 1.54) is 5.56 Å². The van der Waals surface area contributed by atoms with Crippen molar-refractivity contribution in [3.05, 3.63) is 89.2 Å². The maximum Gasteiger partial charge on any atom is 0.272 e. The first kappa shape index (κ1) is 18.9. The molecule has 0 atom stereocenters. The van der Waals surface area contributed by atoms with Gasteiger partial charge in [0, 0.05) is 19.6 Å². The molecule has 0 N–H and O–H groups in total. The van der Waals surface area contributed by atoms with Gasteiger partial charge in [-0.25, -0.2) is 0 Å². The molecule has 3 aromatic rings. The van der Waals surface area contributed by atoms with Crippen molar-refractivity contribution in [2.75, 3.05) is 6.54 Å². The second-order valence-electron chi connectivity index (χ2n) is 6.79. The summed E-state index contributed by atoms with van der Waals surface area (Å²) in [5.74, 6) is 0.0503. The fourth-order valence-corrected chi connectivity index (χ4v) is 3.30. The third-order valence-electron chi connectivity index (χ3n) is 4.66. The lowest BCUT2D eigenvalue weighted by Gasteiger charge is -2.23. The summed E-state index contributed by atoms with van der Waals surface area (Å²) in [7, 11) is 0. The second-order valence-corrected chi connectivity index (χ2v) is 6.79. The van der Waals surface area contributed by atoms with Gasteiger partial charge in [-0.2, -0.15) is 5.10 Å². The smallest absolute Gasteiger partial charge is 0.272 e. The topological polar surface area (TPSA) is 38.1 Å². The first-order valence-corrected chi connectivity index (χ1v) is 9.59. The van der Waals surface area contributed by atoms with Gasteiger partial charge in [-0.1, -0.05) is 60.7 Å². The van der Waals surface area contributed by atoms with E-state index in [-0.39, 0.29) is 5.91 Å². The number of hydrogen-bond acceptors (Lipinski definition) is 2. The van der Waals surface area contributed by atoms with E-state index in [4.69, 9.17) is 0 Å². The van der Waals surface area contributed by atoms with E-state index in [1.807, 2.05) is 49.1 Å². The Bertz CT molecular complexity index is 856. The first-order chi connectivity index (χ1) is 13.2. The van der Waals surface area contributed by atoms with Crippen LogP contribution in [-0.4, -0.2) is 27.1 Å². The number of carbonyl (C=O) groups is 1. The molecule has 0 aliphatic rings. The third-order valence-corrected chi connectivity index (χ3v) is 4.66. The van der Waals surface area contributed by atoms with Crippen molar-refractivity contribution in [1.29, 1.82) is 0 Å². The molecular weight excluding hydrogens is 334 g/mol. The Labute approximate surface area is 161 Å². The van der Waals surface area contributed by atoms with E-state index in [1.54, 1.807) is 4.68 Å². The molecule has 2 aromatic carbocycles. The van der Waals surface area contributed by atoms with Crippen molar-refractivity contribution < 1.29 is 4.79 Å². The van der Waals surface area contributed by atoms with Crippen LogP contribution in [0.4, 0.5) is 0 Å². The van der Waals surface area contributed by atoms with Crippen LogP contribution in [0.25, 0.3) is 0 Å². The highest BCUT2D eigenvalue weighted by Gasteiger charge is 2.20. The summed E-state index contributed by atoms with van der Waals surface area (Å²) in [4.78, 5) is 15.2. The lowest BCUT2D eigenvalue weighted by molar-refractivity contribution is 0.0728. The van der Waals surface area contributed by atoms with E-state index >= 15 is 0 Å². The minimum Gasteiger partial charge on any atom is -0.333 e. The predicted molar refractivity (Wildman–Crippen MR) is 109 cm³/mol. The summed E-state index contributed by atoms with van der Waals surface area (Å²) in [6.07, 6.45) is 1.90. The lowest BCUT2D eigenvalue weighted by atomic mass is 10.1. The van der Waals surface area contributed by atoms with Crippen LogP contribution in [0.1, 0.15) is 40.7 Å². The largest absolute Gasteiger partial charge is 0.333 e. The van der Waals surface area contributed by atoms with Crippen LogP contribution in [0.2, 0.25) is 0 Å². The average Bonchev–Trinajstić information content (AvgIpc) is 3.09. The standard InChI is InChI=1S/C23H27N3O/c1-3-26-22(17-19(2)24-26)23(27)25(18-21-13-8-5-9-14-21)16-10-15-20-11-6-4-7-12-20/h4-9,11-14,17H,3,10,15-16,18H2,1-2H3. The zero-order chi connectivity index (χ0) is 19.1. The molecule has 140 valence electrons. The number of benzene rings is 2. The molecule has 0 fully saturated rings. The van der Waals surface area contributed by atoms with Gasteiger partial charge in [0.1, 0.15) is 5.69 Å². The summed E-state index contributed by atoms with van der Waals surface area (Å²) in [5, 5.41) is 4.44. The molecule has 0 bridgehead atoms. The Morgan fingerprint density at radius 2 is 1.63 bits per heavy atom. The molecule has 1 amide bonds. The Kier molecular flexibility index (Phi) is 6.42. The van der Waals surface area contributed by atoms with Crippen LogP contribution in [0.3, 0.4) is 0 Å². The van der Waals surface area contributed by atoms with E-state index in [2.05, 4.69) is 41.5 Å². The Balaban J connectivity index is 1.75. The molecule has 0 aliphatic heterocycles. The highest BCUT2D eigenvalue weighted by molar-refractivity contribution is 5.92. The van der Waals surface area contributed by atoms with Crippen LogP contribution < -0.4 is 0 Å². The molecule has 1 aromatic heterocycles. The molecule has 0 spiro atoms. The van der Waals surface area contributed by atoms with Gasteiger partial charge in [0.15, 0.2) is 0 Å². The van der Waals surface area contributed by atoms with Crippen LogP contribution in [-0.2, 0) is 19.5 Å². The quantitative estimate of drug-likeness (QED) is 0.593. The van der Waals surface area contributed by atoms with Gasteiger partial charge in [0.05, 0.1) is 5.69 Å². The number of amides is 1. The molecule has 0 radical (unpaired) electrons. The van der Waals surface area contributed by atoms with E-state index in [0.29, 0.717) is 18.8 Å². The normalized spacial score (nSPS) is 10.7. The molecule has 0 unspecified atom stereocenters. The Hall–Kier alpha value is -2.88. The molecule has 0 saturated heterocycles. The molecule has 0 saturated carbocycles. The average molecular weight is 361 g/mol. The van der Waals surface area contributed by atoms with E-state index < -0.39 is 0 Å². The second kappa shape index (κ2) is 9.17. The minimum absolute atomic E-state index is 0.0503. The van der Waals surface area contributed by atoms with E-state index in [0.717, 1.165) is 30.6 Å². The van der Waals surface area contributed by atoms with Crippen molar-refractivity contribution in [2.24, 2.45) is 0 Å².